The Morgan fingerprint density at radius 1 is 1.41 bits per heavy atom. The first-order valence-electron chi connectivity index (χ1n) is 5.51. The molecule has 1 unspecified atom stereocenters. The standard InChI is InChI=1S/C12H15NO4/c1-8(14)12(15)13-7-9-2-3-10-11(6-9)17-5-4-16-10/h2-3,6,8,14H,4-5,7H2,1H3,(H,13,15). The smallest absolute Gasteiger partial charge is 0.248 e. The zero-order valence-electron chi connectivity index (χ0n) is 9.60. The van der Waals surface area contributed by atoms with E-state index < -0.39 is 6.10 Å². The average Bonchev–Trinajstić information content (AvgIpc) is 2.35. The summed E-state index contributed by atoms with van der Waals surface area (Å²) in [6.45, 7) is 2.89. The normalized spacial score (nSPS) is 15.2. The molecule has 0 bridgehead atoms. The zero-order valence-corrected chi connectivity index (χ0v) is 9.60. The van der Waals surface area contributed by atoms with Gasteiger partial charge in [0, 0.05) is 6.54 Å². The van der Waals surface area contributed by atoms with Crippen molar-refractivity contribution in [2.45, 2.75) is 19.6 Å². The Labute approximate surface area is 99.3 Å². The Morgan fingerprint density at radius 3 is 2.82 bits per heavy atom. The van der Waals surface area contributed by atoms with E-state index in [4.69, 9.17) is 14.6 Å². The van der Waals surface area contributed by atoms with E-state index in [1.165, 1.54) is 6.92 Å². The number of benzene rings is 1. The van der Waals surface area contributed by atoms with E-state index in [-0.39, 0.29) is 5.91 Å². The summed E-state index contributed by atoms with van der Waals surface area (Å²) < 4.78 is 10.8. The number of hydrogen-bond acceptors (Lipinski definition) is 4. The summed E-state index contributed by atoms with van der Waals surface area (Å²) in [5, 5.41) is 11.7. The quantitative estimate of drug-likeness (QED) is 0.801. The summed E-state index contributed by atoms with van der Waals surface area (Å²) in [6.07, 6.45) is -0.993. The first-order valence-corrected chi connectivity index (χ1v) is 5.51. The number of ether oxygens (including phenoxy) is 2. The van der Waals surface area contributed by atoms with Crippen LogP contribution >= 0.6 is 0 Å². The Kier molecular flexibility index (Phi) is 3.49. The van der Waals surface area contributed by atoms with Crippen molar-refractivity contribution in [3.05, 3.63) is 23.8 Å². The van der Waals surface area contributed by atoms with E-state index >= 15 is 0 Å². The molecule has 0 saturated heterocycles. The maximum absolute atomic E-state index is 11.2. The van der Waals surface area contributed by atoms with Gasteiger partial charge >= 0.3 is 0 Å². The van der Waals surface area contributed by atoms with Crippen molar-refractivity contribution in [1.82, 2.24) is 5.32 Å². The van der Waals surface area contributed by atoms with Gasteiger partial charge in [-0.05, 0) is 24.6 Å². The maximum Gasteiger partial charge on any atom is 0.248 e. The zero-order chi connectivity index (χ0) is 12.3. The molecular weight excluding hydrogens is 222 g/mol. The number of carbonyl (C=O) groups is 1. The highest BCUT2D eigenvalue weighted by Crippen LogP contribution is 2.30. The van der Waals surface area contributed by atoms with Crippen LogP contribution in [0.5, 0.6) is 11.5 Å². The summed E-state index contributed by atoms with van der Waals surface area (Å²) in [4.78, 5) is 11.2. The van der Waals surface area contributed by atoms with E-state index in [2.05, 4.69) is 5.32 Å². The Hall–Kier alpha value is -1.75. The van der Waals surface area contributed by atoms with Crippen LogP contribution in [0.25, 0.3) is 0 Å². The number of hydrogen-bond donors (Lipinski definition) is 2. The van der Waals surface area contributed by atoms with Crippen molar-refractivity contribution in [3.8, 4) is 11.5 Å². The minimum Gasteiger partial charge on any atom is -0.486 e. The first kappa shape index (κ1) is 11.7. The summed E-state index contributed by atoms with van der Waals surface area (Å²) in [5.41, 5.74) is 0.906. The van der Waals surface area contributed by atoms with Crippen LogP contribution in [-0.4, -0.2) is 30.3 Å². The molecule has 0 spiro atoms. The van der Waals surface area contributed by atoms with Crippen molar-refractivity contribution in [3.63, 3.8) is 0 Å². The average molecular weight is 237 g/mol. The number of fused-ring (bicyclic) bond motifs is 1. The lowest BCUT2D eigenvalue weighted by Gasteiger charge is -2.19. The molecule has 2 rings (SSSR count). The Morgan fingerprint density at radius 2 is 2.12 bits per heavy atom. The number of aliphatic hydroxyl groups is 1. The van der Waals surface area contributed by atoms with E-state index in [1.807, 2.05) is 18.2 Å². The van der Waals surface area contributed by atoms with Gasteiger partial charge in [0.05, 0.1) is 0 Å². The predicted molar refractivity (Wildman–Crippen MR) is 61.0 cm³/mol. The lowest BCUT2D eigenvalue weighted by molar-refractivity contribution is -0.128. The van der Waals surface area contributed by atoms with Crippen molar-refractivity contribution in [2.24, 2.45) is 0 Å². The number of nitrogens with one attached hydrogen (secondary N) is 1. The van der Waals surface area contributed by atoms with Crippen LogP contribution in [0.1, 0.15) is 12.5 Å². The molecule has 0 aliphatic carbocycles. The lowest BCUT2D eigenvalue weighted by atomic mass is 10.2. The monoisotopic (exact) mass is 237 g/mol. The molecule has 5 heteroatoms. The van der Waals surface area contributed by atoms with E-state index in [1.54, 1.807) is 0 Å². The molecule has 1 amide bonds. The minimum absolute atomic E-state index is 0.361. The first-order chi connectivity index (χ1) is 8.16. The van der Waals surface area contributed by atoms with Gasteiger partial charge in [-0.3, -0.25) is 4.79 Å². The molecule has 1 aromatic carbocycles. The molecule has 1 heterocycles. The molecule has 2 N–H and O–H groups in total. The molecule has 0 radical (unpaired) electrons. The van der Waals surface area contributed by atoms with Gasteiger partial charge in [0.1, 0.15) is 19.3 Å². The van der Waals surface area contributed by atoms with Gasteiger partial charge in [-0.1, -0.05) is 6.07 Å². The highest BCUT2D eigenvalue weighted by Gasteiger charge is 2.12. The molecule has 0 fully saturated rings. The third kappa shape index (κ3) is 2.88. The van der Waals surface area contributed by atoms with Crippen molar-refractivity contribution >= 4 is 5.91 Å². The second kappa shape index (κ2) is 5.05. The van der Waals surface area contributed by atoms with Gasteiger partial charge in [0.2, 0.25) is 5.91 Å². The third-order valence-electron chi connectivity index (χ3n) is 2.45. The van der Waals surface area contributed by atoms with Gasteiger partial charge < -0.3 is 19.9 Å². The molecule has 5 nitrogen and oxygen atoms in total. The van der Waals surface area contributed by atoms with Crippen molar-refractivity contribution in [2.75, 3.05) is 13.2 Å². The second-order valence-corrected chi connectivity index (χ2v) is 3.87. The summed E-state index contributed by atoms with van der Waals surface area (Å²) in [6, 6.07) is 5.50. The maximum atomic E-state index is 11.2. The van der Waals surface area contributed by atoms with E-state index in [9.17, 15) is 4.79 Å². The minimum atomic E-state index is -0.993. The van der Waals surface area contributed by atoms with Crippen LogP contribution < -0.4 is 14.8 Å². The van der Waals surface area contributed by atoms with E-state index in [0.717, 1.165) is 11.3 Å². The molecule has 0 aromatic heterocycles. The fraction of sp³-hybridized carbons (Fsp3) is 0.417. The SMILES string of the molecule is CC(O)C(=O)NCc1ccc2c(c1)OCCO2. The fourth-order valence-corrected chi connectivity index (χ4v) is 1.53. The van der Waals surface area contributed by atoms with Crippen LogP contribution in [0.3, 0.4) is 0 Å². The molecular formula is C12H15NO4. The highest BCUT2D eigenvalue weighted by molar-refractivity contribution is 5.79. The second-order valence-electron chi connectivity index (χ2n) is 3.87. The van der Waals surface area contributed by atoms with Gasteiger partial charge in [0.15, 0.2) is 11.5 Å². The topological polar surface area (TPSA) is 67.8 Å². The van der Waals surface area contributed by atoms with Crippen LogP contribution in [0, 0.1) is 0 Å². The molecule has 1 atom stereocenters. The third-order valence-corrected chi connectivity index (χ3v) is 2.45. The number of amides is 1. The van der Waals surface area contributed by atoms with Crippen LogP contribution in [0.2, 0.25) is 0 Å². The van der Waals surface area contributed by atoms with Crippen LogP contribution in [0.4, 0.5) is 0 Å². The summed E-state index contributed by atoms with van der Waals surface area (Å²) >= 11 is 0. The molecule has 92 valence electrons. The van der Waals surface area contributed by atoms with Gasteiger partial charge in [-0.2, -0.15) is 0 Å². The Bertz CT molecular complexity index is 417. The van der Waals surface area contributed by atoms with Crippen LogP contribution in [-0.2, 0) is 11.3 Å². The van der Waals surface area contributed by atoms with Crippen molar-refractivity contribution in [1.29, 1.82) is 0 Å². The predicted octanol–water partition coefficient (Wildman–Crippen LogP) is 0.455. The fourth-order valence-electron chi connectivity index (χ4n) is 1.53. The molecule has 0 saturated carbocycles. The van der Waals surface area contributed by atoms with Gasteiger partial charge in [0.25, 0.3) is 0 Å². The number of carbonyl (C=O) groups excluding carboxylic acids is 1. The summed E-state index contributed by atoms with van der Waals surface area (Å²) in [7, 11) is 0. The molecule has 17 heavy (non-hydrogen) atoms. The number of rotatable bonds is 3. The molecule has 1 aliphatic heterocycles. The molecule has 1 aliphatic rings. The van der Waals surface area contributed by atoms with E-state index in [0.29, 0.717) is 25.5 Å². The molecule has 1 aromatic rings. The van der Waals surface area contributed by atoms with Crippen LogP contribution in [0.15, 0.2) is 18.2 Å². The van der Waals surface area contributed by atoms with Gasteiger partial charge in [-0.25, -0.2) is 0 Å². The Balaban J connectivity index is 2.00. The van der Waals surface area contributed by atoms with Gasteiger partial charge in [-0.15, -0.1) is 0 Å². The summed E-state index contributed by atoms with van der Waals surface area (Å²) in [5.74, 6) is 1.03. The van der Waals surface area contributed by atoms with Crippen molar-refractivity contribution < 1.29 is 19.4 Å². The lowest BCUT2D eigenvalue weighted by Crippen LogP contribution is -2.31. The number of aliphatic hydroxyl groups excluding tert-OH is 1. The largest absolute Gasteiger partial charge is 0.486 e. The highest BCUT2D eigenvalue weighted by atomic mass is 16.6.